The van der Waals surface area contributed by atoms with Gasteiger partial charge in [0, 0.05) is 17.8 Å². The predicted octanol–water partition coefficient (Wildman–Crippen LogP) is 1.40. The summed E-state index contributed by atoms with van der Waals surface area (Å²) >= 11 is 0. The fourth-order valence-corrected chi connectivity index (χ4v) is 2.39. The number of amides is 2. The first kappa shape index (κ1) is 12.0. The van der Waals surface area contributed by atoms with Crippen LogP contribution in [0, 0.1) is 0 Å². The van der Waals surface area contributed by atoms with Gasteiger partial charge in [-0.05, 0) is 25.0 Å². The molecular weight excluding hydrogens is 244 g/mol. The highest BCUT2D eigenvalue weighted by molar-refractivity contribution is 6.07. The van der Waals surface area contributed by atoms with E-state index in [0.29, 0.717) is 0 Å². The molecule has 100 valence electrons. The summed E-state index contributed by atoms with van der Waals surface area (Å²) in [6.45, 7) is 0. The smallest absolute Gasteiger partial charge is 0.252 e. The van der Waals surface area contributed by atoms with E-state index in [1.165, 1.54) is 4.90 Å². The molecule has 1 heterocycles. The van der Waals surface area contributed by atoms with Crippen molar-refractivity contribution in [1.82, 2.24) is 4.90 Å². The molecule has 1 saturated heterocycles. The monoisotopic (exact) mass is 260 g/mol. The van der Waals surface area contributed by atoms with Crippen molar-refractivity contribution in [1.29, 1.82) is 0 Å². The van der Waals surface area contributed by atoms with Crippen LogP contribution in [-0.4, -0.2) is 35.9 Å². The Morgan fingerprint density at radius 2 is 2.11 bits per heavy atom. The van der Waals surface area contributed by atoms with Crippen molar-refractivity contribution in [2.45, 2.75) is 31.3 Å². The summed E-state index contributed by atoms with van der Waals surface area (Å²) in [6.07, 6.45) is 2.14. The van der Waals surface area contributed by atoms with Crippen LogP contribution in [0.15, 0.2) is 24.3 Å². The normalized spacial score (nSPS) is 22.8. The van der Waals surface area contributed by atoms with Gasteiger partial charge in [0.2, 0.25) is 5.91 Å². The molecule has 1 saturated carbocycles. The minimum atomic E-state index is -0.444. The van der Waals surface area contributed by atoms with Gasteiger partial charge in [-0.2, -0.15) is 0 Å². The van der Waals surface area contributed by atoms with Crippen LogP contribution >= 0.6 is 0 Å². The molecule has 0 radical (unpaired) electrons. The molecule has 1 atom stereocenters. The number of carbonyl (C=O) groups is 2. The number of likely N-dealkylation sites (tertiary alicyclic amines) is 1. The average Bonchev–Trinajstić information content (AvgIpc) is 3.19. The molecule has 2 aliphatic rings. The largest absolute Gasteiger partial charge is 0.497 e. The van der Waals surface area contributed by atoms with Gasteiger partial charge in [0.1, 0.15) is 11.8 Å². The predicted molar refractivity (Wildman–Crippen MR) is 69.9 cm³/mol. The van der Waals surface area contributed by atoms with Crippen LogP contribution in [0.4, 0.5) is 5.69 Å². The lowest BCUT2D eigenvalue weighted by Crippen LogP contribution is -2.36. The lowest BCUT2D eigenvalue weighted by atomic mass is 10.2. The number of hydrogen-bond acceptors (Lipinski definition) is 4. The van der Waals surface area contributed by atoms with Gasteiger partial charge in [-0.15, -0.1) is 0 Å². The number of anilines is 1. The molecule has 1 N–H and O–H groups in total. The van der Waals surface area contributed by atoms with Gasteiger partial charge in [-0.3, -0.25) is 14.5 Å². The van der Waals surface area contributed by atoms with E-state index in [9.17, 15) is 9.59 Å². The van der Waals surface area contributed by atoms with Crippen molar-refractivity contribution >= 4 is 17.5 Å². The summed E-state index contributed by atoms with van der Waals surface area (Å²) in [4.78, 5) is 25.4. The van der Waals surface area contributed by atoms with Crippen LogP contribution in [0.2, 0.25) is 0 Å². The zero-order chi connectivity index (χ0) is 13.4. The molecule has 1 unspecified atom stereocenters. The standard InChI is InChI=1S/C14H16N2O3/c1-19-11-4-2-3-9(7-11)15-12-8-13(17)16(14(12)18)10-5-6-10/h2-4,7,10,12,15H,5-6,8H2,1H3. The van der Waals surface area contributed by atoms with Crippen LogP contribution in [0.5, 0.6) is 5.75 Å². The quantitative estimate of drug-likeness (QED) is 0.831. The topological polar surface area (TPSA) is 58.6 Å². The van der Waals surface area contributed by atoms with E-state index in [0.717, 1.165) is 24.3 Å². The first-order chi connectivity index (χ1) is 9.19. The highest BCUT2D eigenvalue weighted by atomic mass is 16.5. The third-order valence-corrected chi connectivity index (χ3v) is 3.51. The van der Waals surface area contributed by atoms with E-state index in [2.05, 4.69) is 5.32 Å². The van der Waals surface area contributed by atoms with Crippen LogP contribution in [0.25, 0.3) is 0 Å². The second-order valence-electron chi connectivity index (χ2n) is 4.97. The molecule has 5 nitrogen and oxygen atoms in total. The summed E-state index contributed by atoms with van der Waals surface area (Å²) in [5, 5.41) is 3.12. The molecular formula is C14H16N2O3. The van der Waals surface area contributed by atoms with Gasteiger partial charge in [0.05, 0.1) is 13.5 Å². The molecule has 3 rings (SSSR count). The second-order valence-corrected chi connectivity index (χ2v) is 4.97. The Morgan fingerprint density at radius 1 is 1.32 bits per heavy atom. The molecule has 5 heteroatoms. The Bertz CT molecular complexity index is 525. The molecule has 0 bridgehead atoms. The first-order valence-electron chi connectivity index (χ1n) is 6.45. The van der Waals surface area contributed by atoms with E-state index in [-0.39, 0.29) is 24.3 Å². The first-order valence-corrected chi connectivity index (χ1v) is 6.45. The van der Waals surface area contributed by atoms with E-state index in [1.54, 1.807) is 7.11 Å². The van der Waals surface area contributed by atoms with Crippen molar-refractivity contribution in [3.63, 3.8) is 0 Å². The summed E-state index contributed by atoms with van der Waals surface area (Å²) in [7, 11) is 1.60. The molecule has 0 spiro atoms. The maximum Gasteiger partial charge on any atom is 0.252 e. The summed E-state index contributed by atoms with van der Waals surface area (Å²) in [5.41, 5.74) is 0.795. The summed E-state index contributed by atoms with van der Waals surface area (Å²) in [6, 6.07) is 7.07. The second kappa shape index (κ2) is 4.57. The molecule has 0 aromatic heterocycles. The highest BCUT2D eigenvalue weighted by Crippen LogP contribution is 2.32. The van der Waals surface area contributed by atoms with E-state index in [1.807, 2.05) is 24.3 Å². The van der Waals surface area contributed by atoms with Crippen molar-refractivity contribution in [2.75, 3.05) is 12.4 Å². The molecule has 19 heavy (non-hydrogen) atoms. The number of methoxy groups -OCH3 is 1. The molecule has 2 fully saturated rings. The number of benzene rings is 1. The molecule has 2 amide bonds. The Morgan fingerprint density at radius 3 is 2.79 bits per heavy atom. The summed E-state index contributed by atoms with van der Waals surface area (Å²) in [5.74, 6) is 0.559. The fraction of sp³-hybridized carbons (Fsp3) is 0.429. The SMILES string of the molecule is COc1cccc(NC2CC(=O)N(C3CC3)C2=O)c1. The zero-order valence-corrected chi connectivity index (χ0v) is 10.8. The van der Waals surface area contributed by atoms with Crippen molar-refractivity contribution in [3.05, 3.63) is 24.3 Å². The maximum atomic E-state index is 12.2. The van der Waals surface area contributed by atoms with E-state index in [4.69, 9.17) is 4.74 Å². The number of hydrogen-bond donors (Lipinski definition) is 1. The number of nitrogens with one attached hydrogen (secondary N) is 1. The third-order valence-electron chi connectivity index (χ3n) is 3.51. The van der Waals surface area contributed by atoms with Crippen molar-refractivity contribution in [2.24, 2.45) is 0 Å². The van der Waals surface area contributed by atoms with Crippen LogP contribution in [0.3, 0.4) is 0 Å². The lowest BCUT2D eigenvalue weighted by molar-refractivity contribution is -0.139. The maximum absolute atomic E-state index is 12.2. The van der Waals surface area contributed by atoms with Crippen molar-refractivity contribution < 1.29 is 14.3 Å². The van der Waals surface area contributed by atoms with Crippen molar-refractivity contribution in [3.8, 4) is 5.75 Å². The van der Waals surface area contributed by atoms with E-state index < -0.39 is 6.04 Å². The zero-order valence-electron chi connectivity index (χ0n) is 10.8. The minimum Gasteiger partial charge on any atom is -0.497 e. The van der Waals surface area contributed by atoms with Gasteiger partial charge < -0.3 is 10.1 Å². The number of imide groups is 1. The van der Waals surface area contributed by atoms with Crippen LogP contribution in [0.1, 0.15) is 19.3 Å². The fourth-order valence-electron chi connectivity index (χ4n) is 2.39. The van der Waals surface area contributed by atoms with Crippen LogP contribution < -0.4 is 10.1 Å². The Kier molecular flexibility index (Phi) is 2.89. The Labute approximate surface area is 111 Å². The van der Waals surface area contributed by atoms with Gasteiger partial charge in [0.25, 0.3) is 5.91 Å². The van der Waals surface area contributed by atoms with Crippen LogP contribution in [-0.2, 0) is 9.59 Å². The molecule has 1 aliphatic heterocycles. The van der Waals surface area contributed by atoms with Gasteiger partial charge >= 0.3 is 0 Å². The lowest BCUT2D eigenvalue weighted by Gasteiger charge is -2.15. The minimum absolute atomic E-state index is 0.0621. The molecule has 1 aromatic rings. The molecule has 1 aromatic carbocycles. The Balaban J connectivity index is 1.73. The number of nitrogens with zero attached hydrogens (tertiary/aromatic N) is 1. The van der Waals surface area contributed by atoms with Gasteiger partial charge in [-0.1, -0.05) is 6.07 Å². The van der Waals surface area contributed by atoms with Gasteiger partial charge in [0.15, 0.2) is 0 Å². The average molecular weight is 260 g/mol. The number of carbonyl (C=O) groups excluding carboxylic acids is 2. The third kappa shape index (κ3) is 2.28. The Hall–Kier alpha value is -2.04. The number of rotatable bonds is 4. The number of ether oxygens (including phenoxy) is 1. The van der Waals surface area contributed by atoms with E-state index >= 15 is 0 Å². The summed E-state index contributed by atoms with van der Waals surface area (Å²) < 4.78 is 5.13. The van der Waals surface area contributed by atoms with Gasteiger partial charge in [-0.25, -0.2) is 0 Å². The molecule has 1 aliphatic carbocycles. The highest BCUT2D eigenvalue weighted by Gasteiger charge is 2.46.